The maximum absolute atomic E-state index is 12.4. The van der Waals surface area contributed by atoms with Gasteiger partial charge in [-0.05, 0) is 37.5 Å². The molecule has 7 nitrogen and oxygen atoms in total. The first-order chi connectivity index (χ1) is 14.9. The third-order valence-electron chi connectivity index (χ3n) is 5.44. The number of anilines is 1. The van der Waals surface area contributed by atoms with Gasteiger partial charge in [0.25, 0.3) is 5.91 Å². The lowest BCUT2D eigenvalue weighted by Crippen LogP contribution is -2.43. The number of nitrogens with zero attached hydrogens (tertiary/aromatic N) is 2. The first-order valence-corrected chi connectivity index (χ1v) is 10.5. The summed E-state index contributed by atoms with van der Waals surface area (Å²) in [5, 5.41) is 2.85. The lowest BCUT2D eigenvalue weighted by atomic mass is 9.97. The third kappa shape index (κ3) is 6.57. The molecule has 1 aliphatic heterocycles. The van der Waals surface area contributed by atoms with E-state index in [9.17, 15) is 14.4 Å². The van der Waals surface area contributed by atoms with E-state index in [1.54, 1.807) is 16.8 Å². The van der Waals surface area contributed by atoms with Gasteiger partial charge in [-0.3, -0.25) is 9.59 Å². The molecule has 0 unspecified atom stereocenters. The van der Waals surface area contributed by atoms with Gasteiger partial charge in [0.2, 0.25) is 0 Å². The van der Waals surface area contributed by atoms with Crippen LogP contribution in [0, 0.1) is 12.8 Å². The molecule has 1 saturated heterocycles. The SMILES string of the molecule is Cc1ccc(CN(C)C(=O)COC(=O)C2CCN(C(=O)Nc3ccccc3)CC2)cc1. The van der Waals surface area contributed by atoms with Crippen molar-refractivity contribution in [2.45, 2.75) is 26.3 Å². The van der Waals surface area contributed by atoms with Gasteiger partial charge in [0.15, 0.2) is 6.61 Å². The monoisotopic (exact) mass is 423 g/mol. The number of hydrogen-bond donors (Lipinski definition) is 1. The number of carbonyl (C=O) groups is 3. The molecule has 0 spiro atoms. The number of urea groups is 1. The third-order valence-corrected chi connectivity index (χ3v) is 5.44. The van der Waals surface area contributed by atoms with Crippen molar-refractivity contribution in [1.82, 2.24) is 9.80 Å². The topological polar surface area (TPSA) is 79.0 Å². The Morgan fingerprint density at radius 1 is 1.03 bits per heavy atom. The van der Waals surface area contributed by atoms with E-state index >= 15 is 0 Å². The summed E-state index contributed by atoms with van der Waals surface area (Å²) in [6, 6.07) is 17.0. The molecule has 1 heterocycles. The van der Waals surface area contributed by atoms with Gasteiger partial charge in [0.1, 0.15) is 0 Å². The zero-order chi connectivity index (χ0) is 22.2. The summed E-state index contributed by atoms with van der Waals surface area (Å²) >= 11 is 0. The predicted molar refractivity (Wildman–Crippen MR) is 118 cm³/mol. The van der Waals surface area contributed by atoms with Crippen LogP contribution in [-0.2, 0) is 20.9 Å². The number of carbonyl (C=O) groups excluding carboxylic acids is 3. The second kappa shape index (κ2) is 10.6. The first kappa shape index (κ1) is 22.3. The molecule has 1 aliphatic rings. The molecule has 0 saturated carbocycles. The summed E-state index contributed by atoms with van der Waals surface area (Å²) < 4.78 is 5.26. The summed E-state index contributed by atoms with van der Waals surface area (Å²) in [4.78, 5) is 40.3. The number of para-hydroxylation sites is 1. The second-order valence-electron chi connectivity index (χ2n) is 7.90. The van der Waals surface area contributed by atoms with Gasteiger partial charge in [-0.25, -0.2) is 4.79 Å². The minimum Gasteiger partial charge on any atom is -0.455 e. The number of aryl methyl sites for hydroxylation is 1. The van der Waals surface area contributed by atoms with Crippen molar-refractivity contribution in [2.24, 2.45) is 5.92 Å². The van der Waals surface area contributed by atoms with Gasteiger partial charge in [-0.15, -0.1) is 0 Å². The number of ether oxygens (including phenoxy) is 1. The molecule has 1 N–H and O–H groups in total. The number of likely N-dealkylation sites (tertiary alicyclic amines) is 1. The highest BCUT2D eigenvalue weighted by Crippen LogP contribution is 2.20. The standard InChI is InChI=1S/C24H29N3O4/c1-18-8-10-19(11-9-18)16-26(2)22(28)17-31-23(29)20-12-14-27(15-13-20)24(30)25-21-6-4-3-5-7-21/h3-11,20H,12-17H2,1-2H3,(H,25,30). The molecule has 0 bridgehead atoms. The van der Waals surface area contributed by atoms with Crippen LogP contribution in [0.25, 0.3) is 0 Å². The van der Waals surface area contributed by atoms with Crippen molar-refractivity contribution in [2.75, 3.05) is 32.1 Å². The van der Waals surface area contributed by atoms with Crippen LogP contribution in [0.3, 0.4) is 0 Å². The number of amides is 3. The van der Waals surface area contributed by atoms with E-state index in [0.29, 0.717) is 32.5 Å². The Balaban J connectivity index is 1.38. The van der Waals surface area contributed by atoms with Crippen LogP contribution in [0.1, 0.15) is 24.0 Å². The highest BCUT2D eigenvalue weighted by atomic mass is 16.5. The lowest BCUT2D eigenvalue weighted by molar-refractivity contribution is -0.156. The maximum atomic E-state index is 12.4. The summed E-state index contributed by atoms with van der Waals surface area (Å²) in [7, 11) is 1.69. The zero-order valence-electron chi connectivity index (χ0n) is 18.0. The number of nitrogens with one attached hydrogen (secondary N) is 1. The summed E-state index contributed by atoms with van der Waals surface area (Å²) in [6.45, 7) is 3.15. The van der Waals surface area contributed by atoms with Crippen LogP contribution in [0.15, 0.2) is 54.6 Å². The van der Waals surface area contributed by atoms with Gasteiger partial charge in [-0.1, -0.05) is 48.0 Å². The molecule has 1 fully saturated rings. The quantitative estimate of drug-likeness (QED) is 0.722. The van der Waals surface area contributed by atoms with E-state index in [2.05, 4.69) is 5.32 Å². The Bertz CT molecular complexity index is 891. The molecule has 2 aromatic carbocycles. The first-order valence-electron chi connectivity index (χ1n) is 10.5. The Morgan fingerprint density at radius 3 is 2.32 bits per heavy atom. The van der Waals surface area contributed by atoms with Crippen LogP contribution < -0.4 is 5.32 Å². The van der Waals surface area contributed by atoms with Gasteiger partial charge in [0.05, 0.1) is 5.92 Å². The summed E-state index contributed by atoms with van der Waals surface area (Å²) in [5.41, 5.74) is 2.92. The Kier molecular flexibility index (Phi) is 7.65. The van der Waals surface area contributed by atoms with Crippen LogP contribution in [0.5, 0.6) is 0 Å². The number of benzene rings is 2. The van der Waals surface area contributed by atoms with Crippen molar-refractivity contribution in [1.29, 1.82) is 0 Å². The molecular formula is C24H29N3O4. The van der Waals surface area contributed by atoms with Crippen molar-refractivity contribution in [3.05, 3.63) is 65.7 Å². The van der Waals surface area contributed by atoms with Gasteiger partial charge >= 0.3 is 12.0 Å². The highest BCUT2D eigenvalue weighted by Gasteiger charge is 2.29. The average molecular weight is 424 g/mol. The van der Waals surface area contributed by atoms with Gasteiger partial charge in [-0.2, -0.15) is 0 Å². The number of hydrogen-bond acceptors (Lipinski definition) is 4. The van der Waals surface area contributed by atoms with E-state index in [0.717, 1.165) is 16.8 Å². The molecule has 0 aliphatic carbocycles. The van der Waals surface area contributed by atoms with Gasteiger partial charge < -0.3 is 19.9 Å². The molecule has 7 heteroatoms. The van der Waals surface area contributed by atoms with E-state index in [-0.39, 0.29) is 30.4 Å². The molecule has 2 aromatic rings. The highest BCUT2D eigenvalue weighted by molar-refractivity contribution is 5.89. The van der Waals surface area contributed by atoms with Gasteiger partial charge in [0, 0.05) is 32.4 Å². The molecule has 164 valence electrons. The van der Waals surface area contributed by atoms with E-state index in [1.165, 1.54) is 0 Å². The average Bonchev–Trinajstić information content (AvgIpc) is 2.79. The Labute approximate surface area is 183 Å². The normalized spacial score (nSPS) is 14.1. The maximum Gasteiger partial charge on any atom is 0.321 e. The van der Waals surface area contributed by atoms with Crippen LogP contribution in [0.2, 0.25) is 0 Å². The van der Waals surface area contributed by atoms with Crippen LogP contribution in [-0.4, -0.2) is 54.5 Å². The Morgan fingerprint density at radius 2 is 1.68 bits per heavy atom. The van der Waals surface area contributed by atoms with Crippen LogP contribution in [0.4, 0.5) is 10.5 Å². The molecule has 0 aromatic heterocycles. The number of esters is 1. The number of rotatable bonds is 6. The summed E-state index contributed by atoms with van der Waals surface area (Å²) in [5.74, 6) is -0.912. The van der Waals surface area contributed by atoms with Crippen molar-refractivity contribution in [3.8, 4) is 0 Å². The fourth-order valence-corrected chi connectivity index (χ4v) is 3.46. The molecule has 31 heavy (non-hydrogen) atoms. The minimum atomic E-state index is -0.375. The summed E-state index contributed by atoms with van der Waals surface area (Å²) in [6.07, 6.45) is 1.04. The number of piperidine rings is 1. The second-order valence-corrected chi connectivity index (χ2v) is 7.90. The Hall–Kier alpha value is -3.35. The number of likely N-dealkylation sites (N-methyl/N-ethyl adjacent to an activating group) is 1. The van der Waals surface area contributed by atoms with E-state index in [4.69, 9.17) is 4.74 Å². The molecule has 3 amide bonds. The molecule has 0 radical (unpaired) electrons. The smallest absolute Gasteiger partial charge is 0.321 e. The fraction of sp³-hybridized carbons (Fsp3) is 0.375. The molecule has 3 rings (SSSR count). The van der Waals surface area contributed by atoms with Crippen molar-refractivity contribution >= 4 is 23.6 Å². The minimum absolute atomic E-state index is 0.175. The van der Waals surface area contributed by atoms with Crippen LogP contribution >= 0.6 is 0 Å². The molecule has 0 atom stereocenters. The largest absolute Gasteiger partial charge is 0.455 e. The predicted octanol–water partition coefficient (Wildman–Crippen LogP) is 3.44. The zero-order valence-corrected chi connectivity index (χ0v) is 18.0. The van der Waals surface area contributed by atoms with E-state index in [1.807, 2.05) is 61.5 Å². The lowest BCUT2D eigenvalue weighted by Gasteiger charge is -2.31. The fourth-order valence-electron chi connectivity index (χ4n) is 3.46. The van der Waals surface area contributed by atoms with Crippen molar-refractivity contribution in [3.63, 3.8) is 0 Å². The van der Waals surface area contributed by atoms with Crippen molar-refractivity contribution < 1.29 is 19.1 Å². The van der Waals surface area contributed by atoms with E-state index < -0.39 is 0 Å². The molecular weight excluding hydrogens is 394 g/mol.